The van der Waals surface area contributed by atoms with Gasteiger partial charge in [-0.1, -0.05) is 13.8 Å². The average molecular weight is 334 g/mol. The summed E-state index contributed by atoms with van der Waals surface area (Å²) in [6.07, 6.45) is -0.0510. The molecule has 2 heterocycles. The van der Waals surface area contributed by atoms with Crippen LogP contribution < -0.4 is 0 Å². The zero-order chi connectivity index (χ0) is 16.9. The van der Waals surface area contributed by atoms with Crippen molar-refractivity contribution in [2.75, 3.05) is 13.2 Å². The number of hydrogen-bond acceptors (Lipinski definition) is 4. The lowest BCUT2D eigenvalue weighted by Crippen LogP contribution is -2.57. The van der Waals surface area contributed by atoms with Crippen molar-refractivity contribution < 1.29 is 28.7 Å². The van der Waals surface area contributed by atoms with Gasteiger partial charge in [-0.3, -0.25) is 19.2 Å². The molecule has 126 valence electrons. The van der Waals surface area contributed by atoms with Gasteiger partial charge in [0.2, 0.25) is 0 Å². The van der Waals surface area contributed by atoms with Gasteiger partial charge in [-0.25, -0.2) is 4.79 Å². The number of epoxide rings is 1. The van der Waals surface area contributed by atoms with Gasteiger partial charge in [0, 0.05) is 0 Å². The molecule has 0 aliphatic carbocycles. The molecule has 2 rings (SSSR count). The smallest absolute Gasteiger partial charge is 0.351 e. The molecule has 9 heteroatoms. The summed E-state index contributed by atoms with van der Waals surface area (Å²) in [5, 5.41) is -1.68. The molecule has 0 radical (unpaired) electrons. The first-order chi connectivity index (χ1) is 10.0. The average Bonchev–Trinajstić information content (AvgIpc) is 3.20. The Morgan fingerprint density at radius 1 is 1.32 bits per heavy atom. The van der Waals surface area contributed by atoms with Crippen molar-refractivity contribution in [3.05, 3.63) is 0 Å². The van der Waals surface area contributed by atoms with Gasteiger partial charge in [-0.15, -0.1) is 0 Å². The Hall–Kier alpha value is -0.950. The number of imide groups is 1. The van der Waals surface area contributed by atoms with Crippen LogP contribution in [-0.2, 0) is 14.1 Å². The van der Waals surface area contributed by atoms with Gasteiger partial charge in [0.05, 0.1) is 19.3 Å². The highest BCUT2D eigenvalue weighted by molar-refractivity contribution is 7.53. The minimum absolute atomic E-state index is 0.0595. The van der Waals surface area contributed by atoms with Gasteiger partial charge >= 0.3 is 13.6 Å². The monoisotopic (exact) mass is 334 g/mol. The van der Waals surface area contributed by atoms with E-state index in [9.17, 15) is 23.9 Å². The third-order valence-electron chi connectivity index (χ3n) is 4.63. The Morgan fingerprint density at radius 2 is 1.82 bits per heavy atom. The van der Waals surface area contributed by atoms with Crippen molar-refractivity contribution in [3.8, 4) is 0 Å². The standard InChI is InChI=1S/C13H23N2O6P/c1-5-13(6-2,22(18,19)20)15-11(17)14(7-9-8-21-9)10(16)12(15,3)4/h9H,5-8H2,1-4H3,(H2,18,19,20). The Balaban J connectivity index is 2.49. The Kier molecular flexibility index (Phi) is 4.19. The van der Waals surface area contributed by atoms with Gasteiger partial charge in [-0.05, 0) is 26.7 Å². The molecule has 0 bridgehead atoms. The number of nitrogens with zero attached hydrogens (tertiary/aromatic N) is 2. The maximum absolute atomic E-state index is 12.7. The molecule has 8 nitrogen and oxygen atoms in total. The number of rotatable bonds is 6. The van der Waals surface area contributed by atoms with Crippen LogP contribution in [0.3, 0.4) is 0 Å². The second-order valence-electron chi connectivity index (χ2n) is 6.28. The minimum atomic E-state index is -4.65. The summed E-state index contributed by atoms with van der Waals surface area (Å²) in [5.41, 5.74) is -1.31. The van der Waals surface area contributed by atoms with E-state index in [2.05, 4.69) is 0 Å². The largest absolute Gasteiger partial charge is 0.371 e. The third-order valence-corrected chi connectivity index (χ3v) is 6.55. The summed E-state index contributed by atoms with van der Waals surface area (Å²) >= 11 is 0. The second-order valence-corrected chi connectivity index (χ2v) is 8.20. The molecule has 22 heavy (non-hydrogen) atoms. The summed E-state index contributed by atoms with van der Waals surface area (Å²) in [7, 11) is -4.65. The lowest BCUT2D eigenvalue weighted by molar-refractivity contribution is -0.132. The Labute approximate surface area is 129 Å². The molecule has 0 saturated carbocycles. The molecule has 0 aromatic rings. The first-order valence-corrected chi connectivity index (χ1v) is 8.97. The SMILES string of the molecule is CCC(CC)(N1C(=O)N(CC2CO2)C(=O)C1(C)C)P(=O)(O)O. The molecule has 1 unspecified atom stereocenters. The quantitative estimate of drug-likeness (QED) is 0.428. The van der Waals surface area contributed by atoms with Crippen molar-refractivity contribution in [2.45, 2.75) is 57.5 Å². The fraction of sp³-hybridized carbons (Fsp3) is 0.846. The highest BCUT2D eigenvalue weighted by atomic mass is 31.2. The Bertz CT molecular complexity index is 535. The van der Waals surface area contributed by atoms with Crippen LogP contribution in [-0.4, -0.2) is 61.6 Å². The predicted molar refractivity (Wildman–Crippen MR) is 78.1 cm³/mol. The van der Waals surface area contributed by atoms with Gasteiger partial charge in [0.15, 0.2) is 0 Å². The van der Waals surface area contributed by atoms with E-state index in [0.717, 1.165) is 9.80 Å². The molecule has 2 fully saturated rings. The normalized spacial score (nSPS) is 25.1. The fourth-order valence-corrected chi connectivity index (χ4v) is 4.64. The number of hydrogen-bond donors (Lipinski definition) is 2. The number of ether oxygens (including phenoxy) is 1. The van der Waals surface area contributed by atoms with Crippen molar-refractivity contribution in [3.63, 3.8) is 0 Å². The molecule has 3 amide bonds. The maximum atomic E-state index is 12.7. The third kappa shape index (κ3) is 2.38. The summed E-state index contributed by atoms with van der Waals surface area (Å²) in [6.45, 7) is 6.89. The van der Waals surface area contributed by atoms with E-state index in [1.54, 1.807) is 13.8 Å². The predicted octanol–water partition coefficient (Wildman–Crippen LogP) is 1.12. The van der Waals surface area contributed by atoms with Gasteiger partial charge < -0.3 is 14.5 Å². The van der Waals surface area contributed by atoms with E-state index >= 15 is 0 Å². The molecule has 2 saturated heterocycles. The minimum Gasteiger partial charge on any atom is -0.371 e. The van der Waals surface area contributed by atoms with E-state index in [-0.39, 0.29) is 25.5 Å². The molecule has 2 aliphatic rings. The lowest BCUT2D eigenvalue weighted by Gasteiger charge is -2.45. The molecular formula is C13H23N2O6P. The number of carbonyl (C=O) groups excluding carboxylic acids is 2. The highest BCUT2D eigenvalue weighted by Gasteiger charge is 2.63. The van der Waals surface area contributed by atoms with Crippen LogP contribution in [0.25, 0.3) is 0 Å². The summed E-state index contributed by atoms with van der Waals surface area (Å²) in [5.74, 6) is -0.451. The van der Waals surface area contributed by atoms with Crippen LogP contribution in [0.5, 0.6) is 0 Å². The zero-order valence-corrected chi connectivity index (χ0v) is 14.2. The van der Waals surface area contributed by atoms with Gasteiger partial charge in [0.25, 0.3) is 5.91 Å². The van der Waals surface area contributed by atoms with Crippen molar-refractivity contribution >= 4 is 19.5 Å². The molecular weight excluding hydrogens is 311 g/mol. The van der Waals surface area contributed by atoms with Crippen LogP contribution in [0.15, 0.2) is 0 Å². The van der Waals surface area contributed by atoms with Crippen molar-refractivity contribution in [2.24, 2.45) is 0 Å². The van der Waals surface area contributed by atoms with E-state index in [4.69, 9.17) is 4.74 Å². The van der Waals surface area contributed by atoms with Crippen molar-refractivity contribution in [1.82, 2.24) is 9.80 Å². The summed E-state index contributed by atoms with van der Waals surface area (Å²) in [4.78, 5) is 47.2. The van der Waals surface area contributed by atoms with Crippen LogP contribution in [0.2, 0.25) is 0 Å². The number of amides is 3. The van der Waals surface area contributed by atoms with E-state index in [1.807, 2.05) is 0 Å². The van der Waals surface area contributed by atoms with Crippen LogP contribution in [0, 0.1) is 0 Å². The molecule has 2 aliphatic heterocycles. The van der Waals surface area contributed by atoms with Gasteiger partial charge in [-0.2, -0.15) is 0 Å². The van der Waals surface area contributed by atoms with Gasteiger partial charge in [0.1, 0.15) is 10.8 Å². The zero-order valence-electron chi connectivity index (χ0n) is 13.3. The number of urea groups is 1. The summed E-state index contributed by atoms with van der Waals surface area (Å²) in [6, 6.07) is -0.655. The van der Waals surface area contributed by atoms with Crippen LogP contribution >= 0.6 is 7.60 Å². The second kappa shape index (κ2) is 5.30. The molecule has 1 atom stereocenters. The van der Waals surface area contributed by atoms with Crippen LogP contribution in [0.4, 0.5) is 4.79 Å². The van der Waals surface area contributed by atoms with E-state index in [1.165, 1.54) is 13.8 Å². The summed E-state index contributed by atoms with van der Waals surface area (Å²) < 4.78 is 17.2. The molecule has 0 aromatic carbocycles. The van der Waals surface area contributed by atoms with Crippen molar-refractivity contribution in [1.29, 1.82) is 0 Å². The maximum Gasteiger partial charge on any atom is 0.351 e. The van der Waals surface area contributed by atoms with E-state index in [0.29, 0.717) is 6.61 Å². The molecule has 0 spiro atoms. The number of carbonyl (C=O) groups is 2. The fourth-order valence-electron chi connectivity index (χ4n) is 3.22. The Morgan fingerprint density at radius 3 is 2.18 bits per heavy atom. The molecule has 2 N–H and O–H groups in total. The molecule has 0 aromatic heterocycles. The van der Waals surface area contributed by atoms with E-state index < -0.39 is 30.4 Å². The van der Waals surface area contributed by atoms with Crippen LogP contribution in [0.1, 0.15) is 40.5 Å². The highest BCUT2D eigenvalue weighted by Crippen LogP contribution is 2.59. The first-order valence-electron chi connectivity index (χ1n) is 7.36. The first kappa shape index (κ1) is 17.4. The topological polar surface area (TPSA) is 111 Å². The lowest BCUT2D eigenvalue weighted by atomic mass is 9.99.